The minimum absolute atomic E-state index is 0.0989. The predicted octanol–water partition coefficient (Wildman–Crippen LogP) is 1.42. The summed E-state index contributed by atoms with van der Waals surface area (Å²) in [6.45, 7) is 5.60. The Kier molecular flexibility index (Phi) is 5.09. The van der Waals surface area contributed by atoms with Crippen molar-refractivity contribution in [3.8, 4) is 0 Å². The third-order valence-corrected chi connectivity index (χ3v) is 5.26. The van der Waals surface area contributed by atoms with Crippen molar-refractivity contribution in [1.29, 1.82) is 0 Å². The summed E-state index contributed by atoms with van der Waals surface area (Å²) >= 11 is 1.28. The molecule has 0 aliphatic carbocycles. The average molecular weight is 292 g/mol. The Labute approximate surface area is 113 Å². The van der Waals surface area contributed by atoms with Crippen molar-refractivity contribution in [1.82, 2.24) is 14.6 Å². The van der Waals surface area contributed by atoms with Crippen LogP contribution in [0.5, 0.6) is 0 Å². The molecular formula is C10H20N4O2S2. The van der Waals surface area contributed by atoms with E-state index in [2.05, 4.69) is 15.0 Å². The first-order valence-electron chi connectivity index (χ1n) is 5.66. The summed E-state index contributed by atoms with van der Waals surface area (Å²) in [4.78, 5) is 4.25. The Morgan fingerprint density at radius 2 is 2.00 bits per heavy atom. The first kappa shape index (κ1) is 15.4. The molecule has 1 heterocycles. The highest BCUT2D eigenvalue weighted by molar-refractivity contribution is 7.90. The maximum absolute atomic E-state index is 12.0. The van der Waals surface area contributed by atoms with Gasteiger partial charge in [0.2, 0.25) is 0 Å². The number of hydrogen-bond donors (Lipinski definition) is 2. The van der Waals surface area contributed by atoms with Crippen LogP contribution in [-0.4, -0.2) is 37.8 Å². The monoisotopic (exact) mass is 292 g/mol. The molecule has 0 spiro atoms. The molecule has 1 unspecified atom stereocenters. The molecule has 1 atom stereocenters. The molecule has 0 bridgehead atoms. The summed E-state index contributed by atoms with van der Waals surface area (Å²) in [6, 6.07) is 0.000460. The van der Waals surface area contributed by atoms with Crippen molar-refractivity contribution in [2.45, 2.75) is 32.9 Å². The van der Waals surface area contributed by atoms with Crippen molar-refractivity contribution in [2.24, 2.45) is 0 Å². The summed E-state index contributed by atoms with van der Waals surface area (Å²) in [6.07, 6.45) is 0. The van der Waals surface area contributed by atoms with Gasteiger partial charge in [-0.25, -0.2) is 9.71 Å². The van der Waals surface area contributed by atoms with Crippen LogP contribution in [0.1, 0.15) is 32.5 Å². The molecule has 6 nitrogen and oxygen atoms in total. The summed E-state index contributed by atoms with van der Waals surface area (Å²) in [5, 5.41) is 5.29. The lowest BCUT2D eigenvalue weighted by molar-refractivity contribution is 0.414. The van der Waals surface area contributed by atoms with Gasteiger partial charge in [-0.2, -0.15) is 12.7 Å². The maximum atomic E-state index is 12.0. The van der Waals surface area contributed by atoms with E-state index >= 15 is 0 Å². The van der Waals surface area contributed by atoms with E-state index in [1.807, 2.05) is 33.2 Å². The molecule has 0 fully saturated rings. The summed E-state index contributed by atoms with van der Waals surface area (Å²) in [5.74, 6) is 0. The number of rotatable bonds is 6. The van der Waals surface area contributed by atoms with Crippen LogP contribution in [0.15, 0.2) is 5.38 Å². The lowest BCUT2D eigenvalue weighted by Gasteiger charge is -2.20. The zero-order chi connectivity index (χ0) is 13.9. The van der Waals surface area contributed by atoms with Gasteiger partial charge in [0.05, 0.1) is 5.69 Å². The highest BCUT2D eigenvalue weighted by Crippen LogP contribution is 2.21. The van der Waals surface area contributed by atoms with Crippen molar-refractivity contribution >= 4 is 26.7 Å². The molecule has 0 saturated heterocycles. The zero-order valence-electron chi connectivity index (χ0n) is 11.3. The van der Waals surface area contributed by atoms with Gasteiger partial charge in [0.15, 0.2) is 5.13 Å². The highest BCUT2D eigenvalue weighted by atomic mass is 32.2. The minimum atomic E-state index is -3.52. The Hall–Kier alpha value is -0.700. The summed E-state index contributed by atoms with van der Waals surface area (Å²) in [5.41, 5.74) is 0.826. The second kappa shape index (κ2) is 5.96. The van der Waals surface area contributed by atoms with Crippen LogP contribution in [0.4, 0.5) is 5.13 Å². The third-order valence-electron chi connectivity index (χ3n) is 2.72. The fraction of sp³-hybridized carbons (Fsp3) is 0.700. The van der Waals surface area contributed by atoms with E-state index in [1.165, 1.54) is 22.7 Å². The van der Waals surface area contributed by atoms with Crippen molar-refractivity contribution in [2.75, 3.05) is 18.8 Å². The van der Waals surface area contributed by atoms with Gasteiger partial charge in [0.1, 0.15) is 0 Å². The normalized spacial score (nSPS) is 14.2. The van der Waals surface area contributed by atoms with Gasteiger partial charge in [-0.05, 0) is 27.8 Å². The van der Waals surface area contributed by atoms with Crippen LogP contribution in [-0.2, 0) is 10.2 Å². The van der Waals surface area contributed by atoms with Gasteiger partial charge < -0.3 is 5.32 Å². The van der Waals surface area contributed by atoms with Gasteiger partial charge >= 0.3 is 10.2 Å². The molecule has 1 aromatic heterocycles. The highest BCUT2D eigenvalue weighted by Gasteiger charge is 2.21. The Balaban J connectivity index is 2.82. The molecular weight excluding hydrogens is 272 g/mol. The Morgan fingerprint density at radius 3 is 2.50 bits per heavy atom. The number of aromatic nitrogens is 1. The van der Waals surface area contributed by atoms with Crippen LogP contribution in [0.2, 0.25) is 0 Å². The van der Waals surface area contributed by atoms with Crippen LogP contribution in [0.3, 0.4) is 0 Å². The standard InChI is InChI=1S/C10H20N4O2S2/c1-7(2)14(5)18(15,16)13-10-12-9(6-17-10)8(3)11-4/h6-8,11H,1-5H3,(H,12,13). The number of thiazole rings is 1. The number of anilines is 1. The Morgan fingerprint density at radius 1 is 1.39 bits per heavy atom. The van der Waals surface area contributed by atoms with E-state index in [0.29, 0.717) is 5.13 Å². The molecule has 104 valence electrons. The first-order valence-corrected chi connectivity index (χ1v) is 7.98. The van der Waals surface area contributed by atoms with Crippen LogP contribution in [0, 0.1) is 0 Å². The lowest BCUT2D eigenvalue weighted by atomic mass is 10.3. The molecule has 1 aromatic rings. The van der Waals surface area contributed by atoms with E-state index in [4.69, 9.17) is 0 Å². The fourth-order valence-corrected chi connectivity index (χ4v) is 3.26. The third kappa shape index (κ3) is 3.64. The summed E-state index contributed by atoms with van der Waals surface area (Å²) < 4.78 is 27.7. The molecule has 18 heavy (non-hydrogen) atoms. The zero-order valence-corrected chi connectivity index (χ0v) is 12.9. The fourth-order valence-electron chi connectivity index (χ4n) is 1.14. The quantitative estimate of drug-likeness (QED) is 0.831. The average Bonchev–Trinajstić information content (AvgIpc) is 2.74. The van der Waals surface area contributed by atoms with E-state index in [1.54, 1.807) is 0 Å². The minimum Gasteiger partial charge on any atom is -0.312 e. The van der Waals surface area contributed by atoms with Crippen LogP contribution >= 0.6 is 11.3 Å². The first-order chi connectivity index (χ1) is 8.27. The predicted molar refractivity (Wildman–Crippen MR) is 75.0 cm³/mol. The molecule has 1 rings (SSSR count). The molecule has 8 heteroatoms. The number of nitrogens with one attached hydrogen (secondary N) is 2. The Bertz CT molecular complexity index is 484. The summed E-state index contributed by atoms with van der Waals surface area (Å²) in [7, 11) is -0.148. The number of hydrogen-bond acceptors (Lipinski definition) is 5. The molecule has 0 amide bonds. The molecule has 0 saturated carbocycles. The smallest absolute Gasteiger partial charge is 0.303 e. The molecule has 0 radical (unpaired) electrons. The van der Waals surface area contributed by atoms with Gasteiger partial charge in [0, 0.05) is 24.5 Å². The van der Waals surface area contributed by atoms with E-state index < -0.39 is 10.2 Å². The second-order valence-electron chi connectivity index (χ2n) is 4.30. The molecule has 0 aliphatic rings. The van der Waals surface area contributed by atoms with Gasteiger partial charge in [0.25, 0.3) is 0 Å². The molecule has 0 aliphatic heterocycles. The largest absolute Gasteiger partial charge is 0.312 e. The topological polar surface area (TPSA) is 74.3 Å². The molecule has 0 aromatic carbocycles. The van der Waals surface area contributed by atoms with Crippen molar-refractivity contribution < 1.29 is 8.42 Å². The van der Waals surface area contributed by atoms with Gasteiger partial charge in [-0.1, -0.05) is 0 Å². The van der Waals surface area contributed by atoms with Crippen LogP contribution < -0.4 is 10.0 Å². The van der Waals surface area contributed by atoms with E-state index in [-0.39, 0.29) is 12.1 Å². The molecule has 2 N–H and O–H groups in total. The van der Waals surface area contributed by atoms with Gasteiger partial charge in [-0.15, -0.1) is 11.3 Å². The SMILES string of the molecule is CNC(C)c1csc(NS(=O)(=O)N(C)C(C)C)n1. The van der Waals surface area contributed by atoms with E-state index in [0.717, 1.165) is 5.69 Å². The second-order valence-corrected chi connectivity index (χ2v) is 6.89. The van der Waals surface area contributed by atoms with Crippen molar-refractivity contribution in [3.63, 3.8) is 0 Å². The van der Waals surface area contributed by atoms with Crippen molar-refractivity contribution in [3.05, 3.63) is 11.1 Å². The van der Waals surface area contributed by atoms with Gasteiger partial charge in [-0.3, -0.25) is 0 Å². The van der Waals surface area contributed by atoms with Crippen LogP contribution in [0.25, 0.3) is 0 Å². The number of nitrogens with zero attached hydrogens (tertiary/aromatic N) is 2. The maximum Gasteiger partial charge on any atom is 0.303 e. The lowest BCUT2D eigenvalue weighted by Crippen LogP contribution is -2.37. The van der Waals surface area contributed by atoms with E-state index in [9.17, 15) is 8.42 Å².